The molecule has 0 radical (unpaired) electrons. The molecular weight excluding hydrogens is 270 g/mol. The Morgan fingerprint density at radius 3 is 2.69 bits per heavy atom. The number of hydrogen-bond donors (Lipinski definition) is 3. The van der Waals surface area contributed by atoms with Gasteiger partial charge in [0.1, 0.15) is 0 Å². The first-order valence-electron chi connectivity index (χ1n) is 5.05. The Balaban J connectivity index is 2.56. The smallest absolute Gasteiger partial charge is 0.235 e. The minimum atomic E-state index is -0.648. The van der Waals surface area contributed by atoms with Gasteiger partial charge in [-0.2, -0.15) is 0 Å². The minimum Gasteiger partial charge on any atom is -0.368 e. The molecule has 0 aromatic heterocycles. The van der Waals surface area contributed by atoms with Crippen LogP contribution in [0.5, 0.6) is 0 Å². The van der Waals surface area contributed by atoms with Gasteiger partial charge in [0.05, 0.1) is 6.04 Å². The van der Waals surface area contributed by atoms with Crippen molar-refractivity contribution in [2.24, 2.45) is 11.5 Å². The molecule has 5 heteroatoms. The Morgan fingerprint density at radius 2 is 2.12 bits per heavy atom. The number of nitrogens with one attached hydrogen (secondary N) is 1. The molecule has 16 heavy (non-hydrogen) atoms. The fourth-order valence-corrected chi connectivity index (χ4v) is 1.97. The minimum absolute atomic E-state index is 0.112. The number of hydrogen-bond acceptors (Lipinski definition) is 3. The van der Waals surface area contributed by atoms with Gasteiger partial charge in [0.25, 0.3) is 0 Å². The van der Waals surface area contributed by atoms with Crippen molar-refractivity contribution in [2.45, 2.75) is 19.0 Å². The summed E-state index contributed by atoms with van der Waals surface area (Å²) in [6.07, 6.45) is 0. The topological polar surface area (TPSA) is 81.1 Å². The summed E-state index contributed by atoms with van der Waals surface area (Å²) in [7, 11) is 0. The summed E-state index contributed by atoms with van der Waals surface area (Å²) in [6.45, 7) is 2.38. The third-order valence-corrected chi connectivity index (χ3v) is 3.10. The highest BCUT2D eigenvalue weighted by atomic mass is 79.9. The van der Waals surface area contributed by atoms with Crippen molar-refractivity contribution in [3.8, 4) is 0 Å². The number of rotatable bonds is 5. The Morgan fingerprint density at radius 1 is 1.50 bits per heavy atom. The van der Waals surface area contributed by atoms with Gasteiger partial charge in [0.2, 0.25) is 5.91 Å². The maximum atomic E-state index is 10.8. The van der Waals surface area contributed by atoms with Crippen LogP contribution in [0.4, 0.5) is 0 Å². The van der Waals surface area contributed by atoms with Gasteiger partial charge in [-0.3, -0.25) is 4.79 Å². The lowest BCUT2D eigenvalue weighted by molar-refractivity contribution is -0.119. The van der Waals surface area contributed by atoms with Gasteiger partial charge in [-0.15, -0.1) is 0 Å². The Hall–Kier alpha value is -0.910. The van der Waals surface area contributed by atoms with E-state index in [1.165, 1.54) is 0 Å². The lowest BCUT2D eigenvalue weighted by Gasteiger charge is -2.17. The van der Waals surface area contributed by atoms with Crippen molar-refractivity contribution < 1.29 is 4.79 Å². The molecule has 1 amide bonds. The summed E-state index contributed by atoms with van der Waals surface area (Å²) in [5.74, 6) is -0.494. The molecule has 0 aliphatic rings. The van der Waals surface area contributed by atoms with E-state index in [-0.39, 0.29) is 6.04 Å². The molecule has 5 N–H and O–H groups in total. The van der Waals surface area contributed by atoms with Crippen molar-refractivity contribution >= 4 is 21.8 Å². The maximum Gasteiger partial charge on any atom is 0.235 e. The third kappa shape index (κ3) is 3.59. The van der Waals surface area contributed by atoms with Crippen LogP contribution < -0.4 is 16.8 Å². The fourth-order valence-electron chi connectivity index (χ4n) is 1.34. The van der Waals surface area contributed by atoms with Gasteiger partial charge < -0.3 is 16.8 Å². The molecule has 0 aliphatic heterocycles. The van der Waals surface area contributed by atoms with Crippen molar-refractivity contribution in [1.29, 1.82) is 0 Å². The molecule has 0 bridgehead atoms. The van der Waals surface area contributed by atoms with E-state index in [9.17, 15) is 4.79 Å². The van der Waals surface area contributed by atoms with E-state index in [1.54, 1.807) is 0 Å². The molecule has 1 aromatic carbocycles. The molecule has 1 aromatic rings. The van der Waals surface area contributed by atoms with Crippen molar-refractivity contribution in [3.63, 3.8) is 0 Å². The average molecular weight is 286 g/mol. The number of halogens is 1. The van der Waals surface area contributed by atoms with E-state index in [2.05, 4.69) is 21.2 Å². The SMILES string of the molecule is C[C@H](NCC(N)C(N)=O)c1ccccc1Br. The average Bonchev–Trinajstić information content (AvgIpc) is 2.25. The van der Waals surface area contributed by atoms with Gasteiger partial charge in [-0.1, -0.05) is 34.1 Å². The zero-order valence-corrected chi connectivity index (χ0v) is 10.7. The zero-order chi connectivity index (χ0) is 12.1. The molecule has 0 heterocycles. The quantitative estimate of drug-likeness (QED) is 0.752. The lowest BCUT2D eigenvalue weighted by atomic mass is 10.1. The van der Waals surface area contributed by atoms with Gasteiger partial charge in [0.15, 0.2) is 0 Å². The number of amides is 1. The van der Waals surface area contributed by atoms with Crippen molar-refractivity contribution in [1.82, 2.24) is 5.32 Å². The molecule has 4 nitrogen and oxygen atoms in total. The van der Waals surface area contributed by atoms with E-state index >= 15 is 0 Å². The number of carbonyl (C=O) groups is 1. The van der Waals surface area contributed by atoms with Crippen LogP contribution in [-0.2, 0) is 4.79 Å². The summed E-state index contributed by atoms with van der Waals surface area (Å²) >= 11 is 3.47. The van der Waals surface area contributed by atoms with Crippen LogP contribution in [-0.4, -0.2) is 18.5 Å². The van der Waals surface area contributed by atoms with Crippen LogP contribution in [0.2, 0.25) is 0 Å². The molecular formula is C11H16BrN3O. The molecule has 1 rings (SSSR count). The second kappa shape index (κ2) is 5.98. The number of benzene rings is 1. The van der Waals surface area contributed by atoms with Crippen molar-refractivity contribution in [3.05, 3.63) is 34.3 Å². The Labute approximate surface area is 104 Å². The summed E-state index contributed by atoms with van der Waals surface area (Å²) < 4.78 is 1.03. The van der Waals surface area contributed by atoms with Gasteiger partial charge in [0, 0.05) is 17.1 Å². The molecule has 1 unspecified atom stereocenters. The second-order valence-corrected chi connectivity index (χ2v) is 4.51. The van der Waals surface area contributed by atoms with E-state index in [0.717, 1.165) is 10.0 Å². The fraction of sp³-hybridized carbons (Fsp3) is 0.364. The first kappa shape index (κ1) is 13.2. The van der Waals surface area contributed by atoms with Crippen LogP contribution >= 0.6 is 15.9 Å². The molecule has 0 fully saturated rings. The van der Waals surface area contributed by atoms with Crippen LogP contribution in [0, 0.1) is 0 Å². The van der Waals surface area contributed by atoms with Crippen molar-refractivity contribution in [2.75, 3.05) is 6.54 Å². The summed E-state index contributed by atoms with van der Waals surface area (Å²) in [5.41, 5.74) is 11.7. The summed E-state index contributed by atoms with van der Waals surface area (Å²) in [6, 6.07) is 7.37. The van der Waals surface area contributed by atoms with E-state index < -0.39 is 11.9 Å². The molecule has 0 aliphatic carbocycles. The van der Waals surface area contributed by atoms with Gasteiger partial charge in [-0.25, -0.2) is 0 Å². The molecule has 0 spiro atoms. The normalized spacial score (nSPS) is 14.4. The molecule has 0 saturated carbocycles. The Bertz CT molecular complexity index is 370. The van der Waals surface area contributed by atoms with Gasteiger partial charge in [-0.05, 0) is 18.6 Å². The molecule has 0 saturated heterocycles. The van der Waals surface area contributed by atoms with E-state index in [1.807, 2.05) is 31.2 Å². The lowest BCUT2D eigenvalue weighted by Crippen LogP contribution is -2.44. The second-order valence-electron chi connectivity index (χ2n) is 3.66. The predicted octanol–water partition coefficient (Wildman–Crippen LogP) is 0.912. The summed E-state index contributed by atoms with van der Waals surface area (Å²) in [4.78, 5) is 10.8. The van der Waals surface area contributed by atoms with Crippen LogP contribution in [0.3, 0.4) is 0 Å². The largest absolute Gasteiger partial charge is 0.368 e. The maximum absolute atomic E-state index is 10.8. The predicted molar refractivity (Wildman–Crippen MR) is 67.7 cm³/mol. The highest BCUT2D eigenvalue weighted by Gasteiger charge is 2.12. The zero-order valence-electron chi connectivity index (χ0n) is 9.11. The number of carbonyl (C=O) groups excluding carboxylic acids is 1. The highest BCUT2D eigenvalue weighted by Crippen LogP contribution is 2.22. The third-order valence-electron chi connectivity index (χ3n) is 2.38. The van der Waals surface area contributed by atoms with Crippen LogP contribution in [0.15, 0.2) is 28.7 Å². The van der Waals surface area contributed by atoms with E-state index in [0.29, 0.717) is 6.54 Å². The summed E-state index contributed by atoms with van der Waals surface area (Å²) in [5, 5.41) is 3.16. The number of primary amides is 1. The standard InChI is InChI=1S/C11H16BrN3O/c1-7(15-6-10(13)11(14)16)8-4-2-3-5-9(8)12/h2-5,7,10,15H,6,13H2,1H3,(H2,14,16)/t7-,10?/m0/s1. The van der Waals surface area contributed by atoms with Crippen LogP contribution in [0.25, 0.3) is 0 Å². The first-order chi connectivity index (χ1) is 7.52. The monoisotopic (exact) mass is 285 g/mol. The van der Waals surface area contributed by atoms with E-state index in [4.69, 9.17) is 11.5 Å². The van der Waals surface area contributed by atoms with Crippen LogP contribution in [0.1, 0.15) is 18.5 Å². The highest BCUT2D eigenvalue weighted by molar-refractivity contribution is 9.10. The molecule has 88 valence electrons. The van der Waals surface area contributed by atoms with Gasteiger partial charge >= 0.3 is 0 Å². The number of nitrogens with two attached hydrogens (primary N) is 2. The Kier molecular flexibility index (Phi) is 4.92. The molecule has 2 atom stereocenters. The first-order valence-corrected chi connectivity index (χ1v) is 5.84.